The molecule has 22 heavy (non-hydrogen) atoms. The Bertz CT molecular complexity index is 533. The maximum atomic E-state index is 12.0. The predicted molar refractivity (Wildman–Crippen MR) is 83.7 cm³/mol. The van der Waals surface area contributed by atoms with Crippen molar-refractivity contribution in [3.63, 3.8) is 0 Å². The van der Waals surface area contributed by atoms with E-state index in [4.69, 9.17) is 4.74 Å². The molecule has 0 radical (unpaired) electrons. The summed E-state index contributed by atoms with van der Waals surface area (Å²) >= 11 is 0. The van der Waals surface area contributed by atoms with Gasteiger partial charge in [-0.05, 0) is 45.9 Å². The summed E-state index contributed by atoms with van der Waals surface area (Å²) in [6, 6.07) is 4.26. The largest absolute Gasteiger partial charge is 0.461 e. The van der Waals surface area contributed by atoms with E-state index < -0.39 is 0 Å². The van der Waals surface area contributed by atoms with Crippen molar-refractivity contribution in [2.24, 2.45) is 0 Å². The zero-order valence-electron chi connectivity index (χ0n) is 13.5. The van der Waals surface area contributed by atoms with Crippen molar-refractivity contribution in [3.8, 4) is 0 Å². The Morgan fingerprint density at radius 3 is 2.82 bits per heavy atom. The molecule has 6 heteroatoms. The lowest BCUT2D eigenvalue weighted by Crippen LogP contribution is -2.51. The second kappa shape index (κ2) is 6.20. The van der Waals surface area contributed by atoms with Gasteiger partial charge in [0.05, 0.1) is 5.69 Å². The first-order valence-corrected chi connectivity index (χ1v) is 8.02. The van der Waals surface area contributed by atoms with Crippen LogP contribution in [0.5, 0.6) is 0 Å². The van der Waals surface area contributed by atoms with E-state index in [-0.39, 0.29) is 18.1 Å². The van der Waals surface area contributed by atoms with E-state index in [2.05, 4.69) is 20.0 Å². The van der Waals surface area contributed by atoms with Crippen molar-refractivity contribution in [1.29, 1.82) is 0 Å². The van der Waals surface area contributed by atoms with E-state index in [1.54, 1.807) is 0 Å². The third-order valence-corrected chi connectivity index (χ3v) is 4.72. The number of aromatic nitrogens is 2. The van der Waals surface area contributed by atoms with Crippen molar-refractivity contribution in [3.05, 3.63) is 17.8 Å². The van der Waals surface area contributed by atoms with Crippen molar-refractivity contribution in [1.82, 2.24) is 15.1 Å². The van der Waals surface area contributed by atoms with Gasteiger partial charge in [0.2, 0.25) is 0 Å². The Morgan fingerprint density at radius 2 is 2.18 bits per heavy atom. The van der Waals surface area contributed by atoms with Crippen LogP contribution in [0.2, 0.25) is 0 Å². The molecular weight excluding hydrogens is 280 g/mol. The van der Waals surface area contributed by atoms with Gasteiger partial charge in [-0.15, -0.1) is 5.10 Å². The molecule has 2 aliphatic rings. The van der Waals surface area contributed by atoms with E-state index >= 15 is 0 Å². The van der Waals surface area contributed by atoms with Gasteiger partial charge in [-0.25, -0.2) is 0 Å². The summed E-state index contributed by atoms with van der Waals surface area (Å²) in [6.45, 7) is 5.78. The molecule has 0 spiro atoms. The second-order valence-electron chi connectivity index (χ2n) is 6.44. The smallest absolute Gasteiger partial charge is 0.323 e. The Morgan fingerprint density at radius 1 is 1.36 bits per heavy atom. The number of rotatable bonds is 3. The van der Waals surface area contributed by atoms with Crippen LogP contribution in [0.1, 0.15) is 31.9 Å². The third kappa shape index (κ3) is 3.06. The van der Waals surface area contributed by atoms with Gasteiger partial charge in [0.1, 0.15) is 12.1 Å². The average Bonchev–Trinajstić information content (AvgIpc) is 2.86. The highest BCUT2D eigenvalue weighted by Crippen LogP contribution is 2.25. The summed E-state index contributed by atoms with van der Waals surface area (Å²) in [5.41, 5.74) is 0.928. The minimum atomic E-state index is -0.107. The summed E-state index contributed by atoms with van der Waals surface area (Å²) in [5, 5.41) is 8.43. The number of carbonyl (C=O) groups is 1. The monoisotopic (exact) mass is 304 g/mol. The molecule has 3 rings (SSSR count). The van der Waals surface area contributed by atoms with Gasteiger partial charge in [-0.2, -0.15) is 5.10 Å². The quantitative estimate of drug-likeness (QED) is 0.787. The lowest BCUT2D eigenvalue weighted by atomic mass is 10.0. The van der Waals surface area contributed by atoms with Gasteiger partial charge in [0, 0.05) is 25.6 Å². The fraction of sp³-hybridized carbons (Fsp3) is 0.688. The van der Waals surface area contributed by atoms with Crippen LogP contribution in [0.3, 0.4) is 0 Å². The number of esters is 1. The third-order valence-electron chi connectivity index (χ3n) is 4.72. The molecule has 2 aliphatic heterocycles. The molecule has 0 bridgehead atoms. The van der Waals surface area contributed by atoms with Crippen LogP contribution in [-0.4, -0.2) is 59.4 Å². The number of piperidine rings is 1. The van der Waals surface area contributed by atoms with Crippen LogP contribution >= 0.6 is 0 Å². The first-order valence-electron chi connectivity index (χ1n) is 8.02. The fourth-order valence-electron chi connectivity index (χ4n) is 3.38. The maximum Gasteiger partial charge on any atom is 0.323 e. The van der Waals surface area contributed by atoms with E-state index in [0.717, 1.165) is 43.9 Å². The number of cyclic esters (lactones) is 1. The molecule has 1 aromatic rings. The van der Waals surface area contributed by atoms with Crippen molar-refractivity contribution >= 4 is 11.8 Å². The summed E-state index contributed by atoms with van der Waals surface area (Å²) < 4.78 is 5.29. The van der Waals surface area contributed by atoms with E-state index in [1.165, 1.54) is 0 Å². The van der Waals surface area contributed by atoms with Crippen LogP contribution in [0.25, 0.3) is 0 Å². The van der Waals surface area contributed by atoms with Crippen LogP contribution in [0.4, 0.5) is 5.82 Å². The molecule has 6 nitrogen and oxygen atoms in total. The lowest BCUT2D eigenvalue weighted by Gasteiger charge is -2.39. The number of nitrogens with zero attached hydrogens (tertiary/aromatic N) is 4. The molecule has 0 aromatic carbocycles. The number of anilines is 1. The Balaban J connectivity index is 1.67. The van der Waals surface area contributed by atoms with Gasteiger partial charge in [0.15, 0.2) is 5.82 Å². The standard InChI is InChI=1S/C16H24N4O2/c1-11-6-7-15(18-17-11)20-8-4-5-13(10-20)19(3)14-9-12(2)22-16(14)21/h6-7,12-14H,4-5,8-10H2,1-3H3/t12-,13+,14+/m1/s1. The SMILES string of the molecule is Cc1ccc(N2CCC[C@H](N(C)[C@H]3C[C@@H](C)OC3=O)C2)nn1. The van der Waals surface area contributed by atoms with Crippen LogP contribution < -0.4 is 4.90 Å². The van der Waals surface area contributed by atoms with Crippen LogP contribution in [-0.2, 0) is 9.53 Å². The molecule has 0 aliphatic carbocycles. The van der Waals surface area contributed by atoms with Crippen LogP contribution in [0, 0.1) is 6.92 Å². The maximum absolute atomic E-state index is 12.0. The number of aryl methyl sites for hydroxylation is 1. The molecule has 2 saturated heterocycles. The normalized spacial score (nSPS) is 29.0. The topological polar surface area (TPSA) is 58.6 Å². The minimum Gasteiger partial charge on any atom is -0.461 e. The number of likely N-dealkylation sites (N-methyl/N-ethyl adjacent to an activating group) is 1. The fourth-order valence-corrected chi connectivity index (χ4v) is 3.38. The number of carbonyl (C=O) groups excluding carboxylic acids is 1. The van der Waals surface area contributed by atoms with Crippen molar-refractivity contribution in [2.75, 3.05) is 25.0 Å². The average molecular weight is 304 g/mol. The first kappa shape index (κ1) is 15.2. The van der Waals surface area contributed by atoms with Gasteiger partial charge in [-0.3, -0.25) is 9.69 Å². The van der Waals surface area contributed by atoms with Crippen molar-refractivity contribution < 1.29 is 9.53 Å². The van der Waals surface area contributed by atoms with Gasteiger partial charge < -0.3 is 9.64 Å². The van der Waals surface area contributed by atoms with Gasteiger partial charge >= 0.3 is 5.97 Å². The highest BCUT2D eigenvalue weighted by Gasteiger charge is 2.38. The van der Waals surface area contributed by atoms with E-state index in [9.17, 15) is 4.79 Å². The highest BCUT2D eigenvalue weighted by atomic mass is 16.6. The molecule has 1 aromatic heterocycles. The molecule has 3 atom stereocenters. The van der Waals surface area contributed by atoms with Crippen LogP contribution in [0.15, 0.2) is 12.1 Å². The summed E-state index contributed by atoms with van der Waals surface area (Å²) in [5.74, 6) is 0.841. The summed E-state index contributed by atoms with van der Waals surface area (Å²) in [6.07, 6.45) is 3.02. The molecule has 2 fully saturated rings. The Hall–Kier alpha value is -1.69. The number of hydrogen-bond acceptors (Lipinski definition) is 6. The minimum absolute atomic E-state index is 0.0302. The van der Waals surface area contributed by atoms with Gasteiger partial charge in [-0.1, -0.05) is 0 Å². The molecule has 0 saturated carbocycles. The van der Waals surface area contributed by atoms with Crippen molar-refractivity contribution in [2.45, 2.75) is 51.3 Å². The molecule has 120 valence electrons. The molecule has 0 N–H and O–H groups in total. The number of ether oxygens (including phenoxy) is 1. The molecule has 0 unspecified atom stereocenters. The second-order valence-corrected chi connectivity index (χ2v) is 6.44. The highest BCUT2D eigenvalue weighted by molar-refractivity contribution is 5.78. The van der Waals surface area contributed by atoms with Gasteiger partial charge in [0.25, 0.3) is 0 Å². The van der Waals surface area contributed by atoms with E-state index in [0.29, 0.717) is 6.04 Å². The molecular formula is C16H24N4O2. The Kier molecular flexibility index (Phi) is 4.29. The van der Waals surface area contributed by atoms with E-state index in [1.807, 2.05) is 33.0 Å². The first-order chi connectivity index (χ1) is 10.5. The lowest BCUT2D eigenvalue weighted by molar-refractivity contribution is -0.145. The zero-order valence-corrected chi connectivity index (χ0v) is 13.5. The summed E-state index contributed by atoms with van der Waals surface area (Å²) in [7, 11) is 2.04. The Labute approximate surface area is 131 Å². The molecule has 0 amide bonds. The molecule has 3 heterocycles. The summed E-state index contributed by atoms with van der Waals surface area (Å²) in [4.78, 5) is 16.4. The zero-order chi connectivity index (χ0) is 15.7. The number of hydrogen-bond donors (Lipinski definition) is 0. The predicted octanol–water partition coefficient (Wildman–Crippen LogP) is 1.39.